The summed E-state index contributed by atoms with van der Waals surface area (Å²) in [5, 5.41) is 25.4. The van der Waals surface area contributed by atoms with E-state index in [0.717, 1.165) is 0 Å². The summed E-state index contributed by atoms with van der Waals surface area (Å²) in [6.45, 7) is 6.13. The van der Waals surface area contributed by atoms with Crippen molar-refractivity contribution in [3.63, 3.8) is 0 Å². The molecule has 0 bridgehead atoms. The van der Waals surface area contributed by atoms with Gasteiger partial charge in [0, 0.05) is 0 Å². The van der Waals surface area contributed by atoms with Crippen molar-refractivity contribution < 1.29 is 15.3 Å². The van der Waals surface area contributed by atoms with E-state index in [2.05, 4.69) is 13.8 Å². The van der Waals surface area contributed by atoms with Gasteiger partial charge in [0.05, 0.1) is 12.2 Å². The summed E-state index contributed by atoms with van der Waals surface area (Å²) in [7, 11) is 0. The highest BCUT2D eigenvalue weighted by Crippen LogP contribution is 1.95. The van der Waals surface area contributed by atoms with Gasteiger partial charge in [-0.1, -0.05) is 0 Å². The Morgan fingerprint density at radius 2 is 1.12 bits per heavy atom. The molecule has 0 aromatic heterocycles. The zero-order chi connectivity index (χ0) is 6.73. The van der Waals surface area contributed by atoms with Crippen LogP contribution >= 0.6 is 0 Å². The molecular weight excluding hydrogens is 108 g/mol. The van der Waals surface area contributed by atoms with E-state index >= 15 is 0 Å². The molecular formula is C5H10O3. The van der Waals surface area contributed by atoms with Gasteiger partial charge in [0.1, 0.15) is 6.10 Å². The van der Waals surface area contributed by atoms with E-state index < -0.39 is 18.3 Å². The highest BCUT2D eigenvalue weighted by Gasteiger charge is 2.15. The SMILES string of the molecule is [CH2]C(O)C(O)C([CH2])O. The lowest BCUT2D eigenvalue weighted by Gasteiger charge is -2.14. The van der Waals surface area contributed by atoms with Gasteiger partial charge >= 0.3 is 0 Å². The van der Waals surface area contributed by atoms with Crippen LogP contribution in [0.3, 0.4) is 0 Å². The monoisotopic (exact) mass is 118 g/mol. The van der Waals surface area contributed by atoms with Crippen molar-refractivity contribution in [3.8, 4) is 0 Å². The minimum absolute atomic E-state index is 1.16. The first kappa shape index (κ1) is 7.88. The summed E-state index contributed by atoms with van der Waals surface area (Å²) < 4.78 is 0. The molecule has 0 saturated carbocycles. The highest BCUT2D eigenvalue weighted by molar-refractivity contribution is 4.77. The van der Waals surface area contributed by atoms with E-state index in [-0.39, 0.29) is 0 Å². The highest BCUT2D eigenvalue weighted by atomic mass is 16.4. The van der Waals surface area contributed by atoms with Gasteiger partial charge in [0.25, 0.3) is 0 Å². The minimum Gasteiger partial charge on any atom is -0.390 e. The maximum atomic E-state index is 8.58. The van der Waals surface area contributed by atoms with Gasteiger partial charge in [-0.2, -0.15) is 0 Å². The van der Waals surface area contributed by atoms with E-state index in [9.17, 15) is 0 Å². The van der Waals surface area contributed by atoms with E-state index in [1.807, 2.05) is 0 Å². The van der Waals surface area contributed by atoms with E-state index in [1.165, 1.54) is 0 Å². The van der Waals surface area contributed by atoms with Crippen LogP contribution in [0, 0.1) is 13.8 Å². The van der Waals surface area contributed by atoms with Gasteiger partial charge in [0.15, 0.2) is 0 Å². The minimum atomic E-state index is -1.24. The first-order valence-corrected chi connectivity index (χ1v) is 2.26. The van der Waals surface area contributed by atoms with Crippen molar-refractivity contribution in [1.29, 1.82) is 0 Å². The van der Waals surface area contributed by atoms with Gasteiger partial charge in [-0.05, 0) is 13.8 Å². The molecule has 0 heterocycles. The topological polar surface area (TPSA) is 60.7 Å². The Balaban J connectivity index is 3.46. The molecule has 3 nitrogen and oxygen atoms in total. The molecule has 0 fully saturated rings. The molecule has 0 aliphatic carbocycles. The molecule has 2 radical (unpaired) electrons. The third kappa shape index (κ3) is 2.26. The smallest absolute Gasteiger partial charge is 0.106 e. The molecule has 0 aromatic rings. The second kappa shape index (κ2) is 3.02. The Labute approximate surface area is 48.6 Å². The molecule has 0 spiro atoms. The van der Waals surface area contributed by atoms with Gasteiger partial charge in [0.2, 0.25) is 0 Å². The Morgan fingerprint density at radius 1 is 0.875 bits per heavy atom. The molecule has 48 valence electrons. The van der Waals surface area contributed by atoms with Crippen molar-refractivity contribution in [2.75, 3.05) is 0 Å². The predicted octanol–water partition coefficient (Wildman–Crippen LogP) is -1.26. The molecule has 3 N–H and O–H groups in total. The standard InChI is InChI=1S/C5H10O3/c1-3(6)5(8)4(2)7/h3-8H,1-2H2. The molecule has 3 heteroatoms. The average molecular weight is 118 g/mol. The normalized spacial score (nSPS) is 22.1. The molecule has 0 aromatic carbocycles. The maximum absolute atomic E-state index is 8.58. The van der Waals surface area contributed by atoms with Gasteiger partial charge < -0.3 is 15.3 Å². The zero-order valence-corrected chi connectivity index (χ0v) is 4.49. The lowest BCUT2D eigenvalue weighted by atomic mass is 10.1. The van der Waals surface area contributed by atoms with Crippen LogP contribution in [0.5, 0.6) is 0 Å². The second-order valence-electron chi connectivity index (χ2n) is 1.63. The van der Waals surface area contributed by atoms with E-state index in [0.29, 0.717) is 0 Å². The second-order valence-corrected chi connectivity index (χ2v) is 1.63. The molecule has 0 rings (SSSR count). The summed E-state index contributed by atoms with van der Waals surface area (Å²) in [4.78, 5) is 0. The summed E-state index contributed by atoms with van der Waals surface area (Å²) in [6.07, 6.45) is -3.57. The fourth-order valence-electron chi connectivity index (χ4n) is 0.256. The molecule has 2 unspecified atom stereocenters. The number of aliphatic hydroxyl groups is 3. The van der Waals surface area contributed by atoms with Crippen LogP contribution in [0.2, 0.25) is 0 Å². The Bertz CT molecular complexity index is 52.7. The third-order valence-electron chi connectivity index (χ3n) is 0.788. The summed E-state index contributed by atoms with van der Waals surface area (Å²) >= 11 is 0. The molecule has 8 heavy (non-hydrogen) atoms. The summed E-state index contributed by atoms with van der Waals surface area (Å²) in [5.41, 5.74) is 0. The van der Waals surface area contributed by atoms with Crippen molar-refractivity contribution in [2.45, 2.75) is 18.3 Å². The van der Waals surface area contributed by atoms with Crippen molar-refractivity contribution in [2.24, 2.45) is 0 Å². The number of hydrogen-bond acceptors (Lipinski definition) is 3. The maximum Gasteiger partial charge on any atom is 0.106 e. The Morgan fingerprint density at radius 3 is 1.12 bits per heavy atom. The van der Waals surface area contributed by atoms with E-state index in [4.69, 9.17) is 15.3 Å². The average Bonchev–Trinajstić information content (AvgIpc) is 1.64. The van der Waals surface area contributed by atoms with E-state index in [1.54, 1.807) is 0 Å². The first-order valence-electron chi connectivity index (χ1n) is 2.26. The van der Waals surface area contributed by atoms with Crippen LogP contribution in [0.1, 0.15) is 0 Å². The van der Waals surface area contributed by atoms with Crippen LogP contribution in [0.4, 0.5) is 0 Å². The van der Waals surface area contributed by atoms with Crippen LogP contribution in [-0.2, 0) is 0 Å². The van der Waals surface area contributed by atoms with Crippen LogP contribution in [0.15, 0.2) is 0 Å². The quantitative estimate of drug-likeness (QED) is 0.424. The molecule has 2 atom stereocenters. The van der Waals surface area contributed by atoms with Crippen LogP contribution in [0.25, 0.3) is 0 Å². The fraction of sp³-hybridized carbons (Fsp3) is 0.600. The lowest BCUT2D eigenvalue weighted by Crippen LogP contribution is -2.33. The summed E-state index contributed by atoms with van der Waals surface area (Å²) in [6, 6.07) is 0. The van der Waals surface area contributed by atoms with Crippen LogP contribution < -0.4 is 0 Å². The van der Waals surface area contributed by atoms with Crippen molar-refractivity contribution >= 4 is 0 Å². The number of aliphatic hydroxyl groups excluding tert-OH is 3. The molecule has 0 amide bonds. The molecule has 0 saturated heterocycles. The number of rotatable bonds is 2. The largest absolute Gasteiger partial charge is 0.390 e. The Kier molecular flexibility index (Phi) is 2.97. The molecule has 0 aliphatic heterocycles. The Hall–Kier alpha value is -0.120. The van der Waals surface area contributed by atoms with Crippen LogP contribution in [-0.4, -0.2) is 33.6 Å². The van der Waals surface area contributed by atoms with Gasteiger partial charge in [-0.15, -0.1) is 0 Å². The van der Waals surface area contributed by atoms with Gasteiger partial charge in [-0.3, -0.25) is 0 Å². The fourth-order valence-corrected chi connectivity index (χ4v) is 0.256. The molecule has 0 aliphatic rings. The van der Waals surface area contributed by atoms with Gasteiger partial charge in [-0.25, -0.2) is 0 Å². The lowest BCUT2D eigenvalue weighted by molar-refractivity contribution is -0.0233. The summed E-state index contributed by atoms with van der Waals surface area (Å²) in [5.74, 6) is 0. The van der Waals surface area contributed by atoms with Crippen molar-refractivity contribution in [3.05, 3.63) is 13.8 Å². The predicted molar refractivity (Wildman–Crippen MR) is 28.7 cm³/mol. The number of hydrogen-bond donors (Lipinski definition) is 3. The third-order valence-corrected chi connectivity index (χ3v) is 0.788. The zero-order valence-electron chi connectivity index (χ0n) is 4.49. The van der Waals surface area contributed by atoms with Crippen molar-refractivity contribution in [1.82, 2.24) is 0 Å². The first-order chi connectivity index (χ1) is 3.55.